The van der Waals surface area contributed by atoms with Gasteiger partial charge in [0.1, 0.15) is 6.04 Å². The molecule has 1 aromatic carbocycles. The van der Waals surface area contributed by atoms with Gasteiger partial charge in [0.05, 0.1) is 11.4 Å². The SMILES string of the molecule is O=C(O)C(C1CCCCC1)N1Cc2sc(-c3ccccc3)cc2S1(=O)=O. The van der Waals surface area contributed by atoms with Crippen LogP contribution in [0.5, 0.6) is 0 Å². The van der Waals surface area contributed by atoms with Gasteiger partial charge in [0.25, 0.3) is 0 Å². The third-order valence-corrected chi connectivity index (χ3v) is 8.57. The molecule has 4 rings (SSSR count). The molecule has 1 aromatic heterocycles. The van der Waals surface area contributed by atoms with Crippen LogP contribution in [0, 0.1) is 5.92 Å². The first-order valence-electron chi connectivity index (χ1n) is 8.91. The number of carboxylic acid groups (broad SMARTS) is 1. The van der Waals surface area contributed by atoms with Crippen molar-refractivity contribution in [3.8, 4) is 10.4 Å². The van der Waals surface area contributed by atoms with Crippen LogP contribution in [0.25, 0.3) is 10.4 Å². The maximum absolute atomic E-state index is 13.1. The number of sulfonamides is 1. The average molecular weight is 392 g/mol. The van der Waals surface area contributed by atoms with Gasteiger partial charge in [0, 0.05) is 9.75 Å². The monoisotopic (exact) mass is 391 g/mol. The van der Waals surface area contributed by atoms with Crippen LogP contribution in [0.1, 0.15) is 37.0 Å². The van der Waals surface area contributed by atoms with E-state index in [1.54, 1.807) is 6.07 Å². The Kier molecular flexibility index (Phi) is 4.62. The van der Waals surface area contributed by atoms with E-state index in [9.17, 15) is 18.3 Å². The molecule has 2 aliphatic rings. The van der Waals surface area contributed by atoms with Crippen LogP contribution in [-0.4, -0.2) is 29.8 Å². The number of aliphatic carboxylic acids is 1. The fourth-order valence-corrected chi connectivity index (χ4v) is 7.48. The highest BCUT2D eigenvalue weighted by Gasteiger charge is 2.46. The second kappa shape index (κ2) is 6.79. The number of hydrogen-bond donors (Lipinski definition) is 1. The van der Waals surface area contributed by atoms with Crippen LogP contribution in [0.4, 0.5) is 0 Å². The highest BCUT2D eigenvalue weighted by molar-refractivity contribution is 7.89. The standard InChI is InChI=1S/C19H21NO4S2/c21-19(22)18(14-9-5-2-6-10-14)20-12-16-17(26(20,23)24)11-15(25-16)13-7-3-1-4-8-13/h1,3-4,7-8,11,14,18H,2,5-6,9-10,12H2,(H,21,22). The summed E-state index contributed by atoms with van der Waals surface area (Å²) in [6.45, 7) is 0.169. The summed E-state index contributed by atoms with van der Waals surface area (Å²) in [7, 11) is -3.76. The molecule has 5 nitrogen and oxygen atoms in total. The first-order chi connectivity index (χ1) is 12.5. The van der Waals surface area contributed by atoms with E-state index in [1.165, 1.54) is 15.6 Å². The molecule has 0 bridgehead atoms. The number of hydrogen-bond acceptors (Lipinski definition) is 4. The number of benzene rings is 1. The summed E-state index contributed by atoms with van der Waals surface area (Å²) in [4.78, 5) is 13.9. The van der Waals surface area contributed by atoms with Crippen LogP contribution in [0.2, 0.25) is 0 Å². The molecule has 1 N–H and O–H groups in total. The van der Waals surface area contributed by atoms with Gasteiger partial charge in [-0.05, 0) is 30.4 Å². The smallest absolute Gasteiger partial charge is 0.322 e. The normalized spacial score (nSPS) is 21.4. The van der Waals surface area contributed by atoms with Crippen molar-refractivity contribution >= 4 is 27.3 Å². The van der Waals surface area contributed by atoms with Crippen molar-refractivity contribution in [2.45, 2.75) is 49.6 Å². The van der Waals surface area contributed by atoms with Gasteiger partial charge in [0.2, 0.25) is 10.0 Å². The molecular weight excluding hydrogens is 370 g/mol. The first kappa shape index (κ1) is 17.7. The van der Waals surface area contributed by atoms with Crippen LogP contribution in [0.15, 0.2) is 41.3 Å². The largest absolute Gasteiger partial charge is 0.480 e. The summed E-state index contributed by atoms with van der Waals surface area (Å²) >= 11 is 1.44. The molecule has 0 radical (unpaired) electrons. The summed E-state index contributed by atoms with van der Waals surface area (Å²) in [5, 5.41) is 9.76. The van der Waals surface area contributed by atoms with Crippen molar-refractivity contribution in [2.24, 2.45) is 5.92 Å². The first-order valence-corrected chi connectivity index (χ1v) is 11.2. The summed E-state index contributed by atoms with van der Waals surface area (Å²) in [5.41, 5.74) is 0.982. The fraction of sp³-hybridized carbons (Fsp3) is 0.421. The molecule has 0 spiro atoms. The number of rotatable bonds is 4. The molecule has 26 heavy (non-hydrogen) atoms. The predicted molar refractivity (Wildman–Crippen MR) is 100 cm³/mol. The van der Waals surface area contributed by atoms with Gasteiger partial charge in [-0.1, -0.05) is 49.6 Å². The fourth-order valence-electron chi connectivity index (χ4n) is 4.10. The van der Waals surface area contributed by atoms with Gasteiger partial charge < -0.3 is 5.11 Å². The highest BCUT2D eigenvalue weighted by atomic mass is 32.2. The van der Waals surface area contributed by atoms with Gasteiger partial charge in [-0.25, -0.2) is 8.42 Å². The average Bonchev–Trinajstić information content (AvgIpc) is 3.16. The lowest BCUT2D eigenvalue weighted by Crippen LogP contribution is -2.46. The highest BCUT2D eigenvalue weighted by Crippen LogP contribution is 2.43. The van der Waals surface area contributed by atoms with Gasteiger partial charge in [-0.15, -0.1) is 11.3 Å². The van der Waals surface area contributed by atoms with Crippen LogP contribution in [0.3, 0.4) is 0 Å². The van der Waals surface area contributed by atoms with Gasteiger partial charge in [-0.3, -0.25) is 4.79 Å². The molecule has 0 amide bonds. The topological polar surface area (TPSA) is 74.7 Å². The zero-order valence-corrected chi connectivity index (χ0v) is 15.9. The third-order valence-electron chi connectivity index (χ3n) is 5.37. The number of carboxylic acids is 1. The number of fused-ring (bicyclic) bond motifs is 1. The molecule has 2 aromatic rings. The summed E-state index contributed by atoms with van der Waals surface area (Å²) in [6.07, 6.45) is 4.62. The predicted octanol–water partition coefficient (Wildman–Crippen LogP) is 3.95. The van der Waals surface area contributed by atoms with Crippen LogP contribution in [-0.2, 0) is 21.4 Å². The molecule has 1 unspecified atom stereocenters. The van der Waals surface area contributed by atoms with E-state index in [0.29, 0.717) is 0 Å². The number of thiophene rings is 1. The van der Waals surface area contributed by atoms with Crippen molar-refractivity contribution in [3.63, 3.8) is 0 Å². The quantitative estimate of drug-likeness (QED) is 0.856. The molecule has 1 fully saturated rings. The van der Waals surface area contributed by atoms with E-state index >= 15 is 0 Å². The van der Waals surface area contributed by atoms with Crippen LogP contribution < -0.4 is 0 Å². The second-order valence-corrected chi connectivity index (χ2v) is 9.99. The lowest BCUT2D eigenvalue weighted by atomic mass is 9.84. The van der Waals surface area contributed by atoms with Crippen molar-refractivity contribution in [2.75, 3.05) is 0 Å². The van der Waals surface area contributed by atoms with E-state index in [0.717, 1.165) is 47.4 Å². The Morgan fingerprint density at radius 2 is 1.85 bits per heavy atom. The molecule has 1 atom stereocenters. The van der Waals surface area contributed by atoms with Crippen molar-refractivity contribution < 1.29 is 18.3 Å². The van der Waals surface area contributed by atoms with E-state index in [1.807, 2.05) is 30.3 Å². The third kappa shape index (κ3) is 2.98. The minimum Gasteiger partial charge on any atom is -0.480 e. The van der Waals surface area contributed by atoms with E-state index in [2.05, 4.69) is 0 Å². The van der Waals surface area contributed by atoms with Crippen molar-refractivity contribution in [1.29, 1.82) is 0 Å². The summed E-state index contributed by atoms with van der Waals surface area (Å²) in [6, 6.07) is 10.4. The summed E-state index contributed by atoms with van der Waals surface area (Å²) < 4.78 is 27.4. The number of carbonyl (C=O) groups is 1. The molecule has 1 aliphatic heterocycles. The molecule has 138 valence electrons. The Hall–Kier alpha value is -1.70. The van der Waals surface area contributed by atoms with Crippen molar-refractivity contribution in [3.05, 3.63) is 41.3 Å². The summed E-state index contributed by atoms with van der Waals surface area (Å²) in [5.74, 6) is -1.13. The Bertz CT molecular complexity index is 914. The molecular formula is C19H21NO4S2. The Morgan fingerprint density at radius 1 is 1.15 bits per heavy atom. The zero-order chi connectivity index (χ0) is 18.3. The lowest BCUT2D eigenvalue weighted by Gasteiger charge is -2.32. The second-order valence-electron chi connectivity index (χ2n) is 7.00. The Morgan fingerprint density at radius 3 is 2.46 bits per heavy atom. The van der Waals surface area contributed by atoms with Gasteiger partial charge in [-0.2, -0.15) is 4.31 Å². The van der Waals surface area contributed by atoms with E-state index in [4.69, 9.17) is 0 Å². The molecule has 1 saturated carbocycles. The van der Waals surface area contributed by atoms with E-state index in [-0.39, 0.29) is 17.4 Å². The molecule has 2 heterocycles. The minimum absolute atomic E-state index is 0.0985. The van der Waals surface area contributed by atoms with Gasteiger partial charge in [0.15, 0.2) is 0 Å². The molecule has 0 saturated heterocycles. The van der Waals surface area contributed by atoms with Crippen LogP contribution >= 0.6 is 11.3 Å². The maximum atomic E-state index is 13.1. The van der Waals surface area contributed by atoms with E-state index < -0.39 is 22.0 Å². The zero-order valence-electron chi connectivity index (χ0n) is 14.3. The Labute approximate surface area is 157 Å². The lowest BCUT2D eigenvalue weighted by molar-refractivity contribution is -0.144. The Balaban J connectivity index is 1.67. The molecule has 7 heteroatoms. The molecule has 1 aliphatic carbocycles. The maximum Gasteiger partial charge on any atom is 0.322 e. The van der Waals surface area contributed by atoms with Gasteiger partial charge >= 0.3 is 5.97 Å². The number of nitrogens with zero attached hydrogens (tertiary/aromatic N) is 1. The van der Waals surface area contributed by atoms with Crippen molar-refractivity contribution in [1.82, 2.24) is 4.31 Å². The minimum atomic E-state index is -3.76.